The number of carbonyl (C=O) groups is 1. The monoisotopic (exact) mass is 398 g/mol. The maximum Gasteiger partial charge on any atom is 0.225 e. The van der Waals surface area contributed by atoms with Crippen LogP contribution in [0.15, 0.2) is 41.1 Å². The normalized spacial score (nSPS) is 28.2. The van der Waals surface area contributed by atoms with Crippen LogP contribution in [-0.4, -0.2) is 41.4 Å². The van der Waals surface area contributed by atoms with E-state index >= 15 is 0 Å². The number of carbonyl (C=O) groups excluding carboxylic acids is 1. The molecular weight excluding hydrogens is 371 g/mol. The molecule has 2 aliphatic heterocycles. The first-order valence-electron chi connectivity index (χ1n) is 10.5. The molecule has 1 aliphatic carbocycles. The highest BCUT2D eigenvalue weighted by molar-refractivity contribution is 7.08. The smallest absolute Gasteiger partial charge is 0.225 e. The zero-order chi connectivity index (χ0) is 19.1. The zero-order valence-electron chi connectivity index (χ0n) is 16.1. The lowest BCUT2D eigenvalue weighted by Gasteiger charge is -2.40. The summed E-state index contributed by atoms with van der Waals surface area (Å²) in [6, 6.07) is 9.66. The van der Waals surface area contributed by atoms with Gasteiger partial charge in [-0.3, -0.25) is 9.69 Å². The average molecular weight is 399 g/mol. The number of hydrogen-bond acceptors (Lipinski definition) is 3. The molecule has 1 amide bonds. The molecule has 2 aromatic rings. The molecule has 3 aliphatic rings. The molecule has 0 spiro atoms. The van der Waals surface area contributed by atoms with Crippen LogP contribution in [0.3, 0.4) is 0 Å². The van der Waals surface area contributed by atoms with E-state index in [1.165, 1.54) is 12.0 Å². The van der Waals surface area contributed by atoms with Gasteiger partial charge in [0, 0.05) is 55.5 Å². The summed E-state index contributed by atoms with van der Waals surface area (Å²) in [5.74, 6) is 1.38. The summed E-state index contributed by atoms with van der Waals surface area (Å²) in [5.41, 5.74) is 2.14. The predicted molar refractivity (Wildman–Crippen MR) is 110 cm³/mol. The van der Waals surface area contributed by atoms with Crippen molar-refractivity contribution < 1.29 is 9.18 Å². The lowest BCUT2D eigenvalue weighted by Crippen LogP contribution is -2.49. The zero-order valence-corrected chi connectivity index (χ0v) is 16.9. The van der Waals surface area contributed by atoms with Gasteiger partial charge in [0.05, 0.1) is 0 Å². The fourth-order valence-corrected chi connectivity index (χ4v) is 6.02. The van der Waals surface area contributed by atoms with Crippen molar-refractivity contribution >= 4 is 17.2 Å². The molecule has 1 aromatic heterocycles. The highest BCUT2D eigenvalue weighted by Crippen LogP contribution is 2.44. The Morgan fingerprint density at radius 1 is 1.14 bits per heavy atom. The number of fused-ring (bicyclic) bond motifs is 1. The van der Waals surface area contributed by atoms with E-state index in [1.807, 2.05) is 12.1 Å². The minimum Gasteiger partial charge on any atom is -0.338 e. The minimum atomic E-state index is -0.118. The molecule has 28 heavy (non-hydrogen) atoms. The highest BCUT2D eigenvalue weighted by Gasteiger charge is 2.48. The van der Waals surface area contributed by atoms with Gasteiger partial charge in [-0.05, 0) is 47.7 Å². The number of thiophene rings is 1. The third kappa shape index (κ3) is 3.29. The Labute approximate surface area is 170 Å². The molecule has 1 aromatic carbocycles. The van der Waals surface area contributed by atoms with Crippen LogP contribution in [0.2, 0.25) is 0 Å². The number of rotatable bonds is 4. The third-order valence-corrected chi connectivity index (χ3v) is 7.78. The summed E-state index contributed by atoms with van der Waals surface area (Å²) in [6.45, 7) is 3.38. The number of piperidine rings is 1. The molecule has 2 saturated heterocycles. The topological polar surface area (TPSA) is 23.6 Å². The first kappa shape index (κ1) is 18.3. The van der Waals surface area contributed by atoms with Crippen LogP contribution in [0.5, 0.6) is 0 Å². The van der Waals surface area contributed by atoms with Crippen molar-refractivity contribution in [3.8, 4) is 0 Å². The second-order valence-corrected chi connectivity index (χ2v) is 9.41. The van der Waals surface area contributed by atoms with Crippen molar-refractivity contribution in [2.75, 3.05) is 19.6 Å². The molecule has 5 heteroatoms. The van der Waals surface area contributed by atoms with Gasteiger partial charge in [0.25, 0.3) is 0 Å². The van der Waals surface area contributed by atoms with Gasteiger partial charge in [-0.2, -0.15) is 11.3 Å². The first-order valence-corrected chi connectivity index (χ1v) is 11.4. The Morgan fingerprint density at radius 3 is 2.71 bits per heavy atom. The minimum absolute atomic E-state index is 0.118. The Balaban J connectivity index is 1.36. The van der Waals surface area contributed by atoms with Crippen molar-refractivity contribution in [2.24, 2.45) is 11.8 Å². The second-order valence-electron chi connectivity index (χ2n) is 8.63. The van der Waals surface area contributed by atoms with Gasteiger partial charge >= 0.3 is 0 Å². The summed E-state index contributed by atoms with van der Waals surface area (Å²) < 4.78 is 14.1. The average Bonchev–Trinajstić information content (AvgIpc) is 3.29. The van der Waals surface area contributed by atoms with Gasteiger partial charge < -0.3 is 4.90 Å². The molecule has 0 radical (unpaired) electrons. The van der Waals surface area contributed by atoms with E-state index in [0.29, 0.717) is 30.3 Å². The van der Waals surface area contributed by atoms with Crippen LogP contribution >= 0.6 is 11.3 Å². The highest BCUT2D eigenvalue weighted by atomic mass is 32.1. The summed E-state index contributed by atoms with van der Waals surface area (Å²) in [7, 11) is 0. The molecule has 3 nitrogen and oxygen atoms in total. The van der Waals surface area contributed by atoms with Gasteiger partial charge in [-0.25, -0.2) is 4.39 Å². The van der Waals surface area contributed by atoms with Crippen molar-refractivity contribution in [3.05, 3.63) is 58.0 Å². The molecule has 0 unspecified atom stereocenters. The molecule has 5 rings (SSSR count). The van der Waals surface area contributed by atoms with Crippen LogP contribution in [-0.2, 0) is 11.3 Å². The Morgan fingerprint density at radius 2 is 2.00 bits per heavy atom. The summed E-state index contributed by atoms with van der Waals surface area (Å²) >= 11 is 1.74. The third-order valence-electron chi connectivity index (χ3n) is 7.08. The van der Waals surface area contributed by atoms with Crippen molar-refractivity contribution in [1.82, 2.24) is 9.80 Å². The van der Waals surface area contributed by atoms with Gasteiger partial charge in [-0.1, -0.05) is 24.6 Å². The maximum atomic E-state index is 14.1. The van der Waals surface area contributed by atoms with E-state index in [2.05, 4.69) is 26.6 Å². The molecule has 3 fully saturated rings. The van der Waals surface area contributed by atoms with Crippen molar-refractivity contribution in [2.45, 2.75) is 44.2 Å². The van der Waals surface area contributed by atoms with Crippen LogP contribution in [0.25, 0.3) is 0 Å². The Hall–Kier alpha value is -1.72. The standard InChI is InChI=1S/C23H27FN2OS/c24-21-7-2-1-4-17(21)12-25-10-8-22-20(13-25)19(18-9-11-28-15-18)14-26(22)23(27)16-5-3-6-16/h1-2,4,7,9,11,15-16,19-20,22H,3,5-6,8,10,12-14H2/t19-,20-,22-/m0/s1. The molecule has 3 heterocycles. The van der Waals surface area contributed by atoms with Gasteiger partial charge in [-0.15, -0.1) is 0 Å². The van der Waals surface area contributed by atoms with Crippen LogP contribution in [0.4, 0.5) is 4.39 Å². The fraction of sp³-hybridized carbons (Fsp3) is 0.522. The van der Waals surface area contributed by atoms with Gasteiger partial charge in [0.15, 0.2) is 0 Å². The number of amides is 1. The largest absolute Gasteiger partial charge is 0.338 e. The number of benzene rings is 1. The summed E-state index contributed by atoms with van der Waals surface area (Å²) in [5, 5.41) is 4.38. The fourth-order valence-electron chi connectivity index (χ4n) is 5.30. The number of hydrogen-bond donors (Lipinski definition) is 0. The first-order chi connectivity index (χ1) is 13.7. The van der Waals surface area contributed by atoms with E-state index in [-0.39, 0.29) is 11.7 Å². The SMILES string of the molecule is O=C(C1CCC1)N1C[C@@H](c2ccsc2)[C@@H]2CN(Cc3ccccc3F)CC[C@@H]21. The Bertz CT molecular complexity index is 835. The van der Waals surface area contributed by atoms with E-state index in [9.17, 15) is 9.18 Å². The molecule has 0 N–H and O–H groups in total. The predicted octanol–water partition coefficient (Wildman–Crippen LogP) is 4.50. The number of likely N-dealkylation sites (tertiary alicyclic amines) is 2. The van der Waals surface area contributed by atoms with Gasteiger partial charge in [0.1, 0.15) is 5.82 Å². The lowest BCUT2D eigenvalue weighted by atomic mass is 9.82. The molecular formula is C23H27FN2OS. The summed E-state index contributed by atoms with van der Waals surface area (Å²) in [6.07, 6.45) is 4.32. The Kier molecular flexibility index (Phi) is 4.97. The molecule has 0 bridgehead atoms. The molecule has 148 valence electrons. The molecule has 1 saturated carbocycles. The maximum absolute atomic E-state index is 14.1. The lowest BCUT2D eigenvalue weighted by molar-refractivity contribution is -0.140. The van der Waals surface area contributed by atoms with Gasteiger partial charge in [0.2, 0.25) is 5.91 Å². The quantitative estimate of drug-likeness (QED) is 0.757. The van der Waals surface area contributed by atoms with Crippen molar-refractivity contribution in [3.63, 3.8) is 0 Å². The van der Waals surface area contributed by atoms with Crippen LogP contribution < -0.4 is 0 Å². The van der Waals surface area contributed by atoms with Crippen molar-refractivity contribution in [1.29, 1.82) is 0 Å². The van der Waals surface area contributed by atoms with E-state index in [4.69, 9.17) is 0 Å². The number of nitrogens with zero attached hydrogens (tertiary/aromatic N) is 2. The van der Waals surface area contributed by atoms with Crippen LogP contribution in [0.1, 0.15) is 42.7 Å². The van der Waals surface area contributed by atoms with E-state index in [1.54, 1.807) is 23.5 Å². The summed E-state index contributed by atoms with van der Waals surface area (Å²) in [4.78, 5) is 17.7. The van der Waals surface area contributed by atoms with Crippen LogP contribution in [0, 0.1) is 17.7 Å². The molecule has 3 atom stereocenters. The van der Waals surface area contributed by atoms with E-state index in [0.717, 1.165) is 44.5 Å². The second kappa shape index (κ2) is 7.60. The number of halogens is 1. The van der Waals surface area contributed by atoms with E-state index < -0.39 is 0 Å².